The molecule has 3 aromatic carbocycles. The molecule has 1 heterocycles. The van der Waals surface area contributed by atoms with E-state index in [1.165, 1.54) is 7.05 Å². The van der Waals surface area contributed by atoms with Gasteiger partial charge in [0, 0.05) is 23.2 Å². The van der Waals surface area contributed by atoms with Gasteiger partial charge in [-0.2, -0.15) is 0 Å². The van der Waals surface area contributed by atoms with Gasteiger partial charge in [-0.25, -0.2) is 8.42 Å². The van der Waals surface area contributed by atoms with Crippen LogP contribution >= 0.6 is 11.6 Å². The fourth-order valence-electron chi connectivity index (χ4n) is 3.99. The summed E-state index contributed by atoms with van der Waals surface area (Å²) in [5.74, 6) is 0.0261. The molecule has 0 aromatic heterocycles. The van der Waals surface area contributed by atoms with Crippen LogP contribution in [0.3, 0.4) is 0 Å². The average molecular weight is 497 g/mol. The molecule has 0 fully saturated rings. The van der Waals surface area contributed by atoms with Crippen LogP contribution in [0.2, 0.25) is 5.02 Å². The van der Waals surface area contributed by atoms with Gasteiger partial charge in [-0.15, -0.1) is 0 Å². The van der Waals surface area contributed by atoms with Crippen LogP contribution in [0.15, 0.2) is 71.6 Å². The zero-order valence-electron chi connectivity index (χ0n) is 19.1. The number of nitrogens with zero attached hydrogens (tertiary/aromatic N) is 1. The first-order valence-corrected chi connectivity index (χ1v) is 12.6. The summed E-state index contributed by atoms with van der Waals surface area (Å²) in [7, 11) is -2.68. The molecule has 34 heavy (non-hydrogen) atoms. The number of nitrogens with one attached hydrogen (secondary N) is 1. The molecular weight excluding hydrogens is 472 g/mol. The van der Waals surface area contributed by atoms with Gasteiger partial charge >= 0.3 is 0 Å². The minimum absolute atomic E-state index is 0.138. The number of halogens is 1. The highest BCUT2D eigenvalue weighted by atomic mass is 35.5. The van der Waals surface area contributed by atoms with Crippen molar-refractivity contribution < 1.29 is 17.9 Å². The van der Waals surface area contributed by atoms with E-state index in [0.29, 0.717) is 27.4 Å². The Morgan fingerprint density at radius 1 is 1.03 bits per heavy atom. The second kappa shape index (κ2) is 9.52. The zero-order chi connectivity index (χ0) is 24.5. The van der Waals surface area contributed by atoms with Gasteiger partial charge in [-0.1, -0.05) is 59.6 Å². The van der Waals surface area contributed by atoms with Gasteiger partial charge in [0.25, 0.3) is 15.9 Å². The van der Waals surface area contributed by atoms with Crippen LogP contribution in [0.1, 0.15) is 22.3 Å². The maximum atomic E-state index is 13.5. The number of amides is 1. The lowest BCUT2D eigenvalue weighted by Crippen LogP contribution is -2.40. The molecule has 1 N–H and O–H groups in total. The van der Waals surface area contributed by atoms with Crippen LogP contribution in [0.25, 0.3) is 5.57 Å². The predicted molar refractivity (Wildman–Crippen MR) is 136 cm³/mol. The van der Waals surface area contributed by atoms with E-state index >= 15 is 0 Å². The summed E-state index contributed by atoms with van der Waals surface area (Å²) in [5, 5.41) is 3.16. The minimum Gasteiger partial charge on any atom is -0.491 e. The smallest absolute Gasteiger partial charge is 0.270 e. The summed E-state index contributed by atoms with van der Waals surface area (Å²) in [6.07, 6.45) is 0. The largest absolute Gasteiger partial charge is 0.491 e. The van der Waals surface area contributed by atoms with E-state index in [1.807, 2.05) is 38.1 Å². The van der Waals surface area contributed by atoms with Crippen molar-refractivity contribution in [3.05, 3.63) is 98.9 Å². The van der Waals surface area contributed by atoms with Crippen molar-refractivity contribution in [2.75, 3.05) is 24.5 Å². The van der Waals surface area contributed by atoms with E-state index in [2.05, 4.69) is 5.32 Å². The highest BCUT2D eigenvalue weighted by Gasteiger charge is 2.39. The number of fused-ring (bicyclic) bond motifs is 1. The van der Waals surface area contributed by atoms with Crippen molar-refractivity contribution in [1.29, 1.82) is 0 Å². The number of carbonyl (C=O) groups is 1. The van der Waals surface area contributed by atoms with E-state index in [9.17, 15) is 13.2 Å². The van der Waals surface area contributed by atoms with Crippen LogP contribution in [-0.2, 0) is 14.8 Å². The zero-order valence-corrected chi connectivity index (χ0v) is 20.7. The molecule has 1 aliphatic rings. The maximum Gasteiger partial charge on any atom is 0.270 e. The molecule has 0 bridgehead atoms. The lowest BCUT2D eigenvalue weighted by Gasteiger charge is -2.31. The Labute approximate surface area is 204 Å². The van der Waals surface area contributed by atoms with Crippen molar-refractivity contribution >= 4 is 38.8 Å². The van der Waals surface area contributed by atoms with E-state index in [-0.39, 0.29) is 18.1 Å². The second-order valence-corrected chi connectivity index (χ2v) is 10.4. The Balaban J connectivity index is 1.68. The molecule has 8 heteroatoms. The molecule has 0 spiro atoms. The van der Waals surface area contributed by atoms with E-state index < -0.39 is 15.9 Å². The number of ether oxygens (including phenoxy) is 1. The normalized spacial score (nSPS) is 14.5. The van der Waals surface area contributed by atoms with E-state index in [0.717, 1.165) is 21.2 Å². The summed E-state index contributed by atoms with van der Waals surface area (Å²) < 4.78 is 33.8. The third-order valence-corrected chi connectivity index (χ3v) is 7.72. The lowest BCUT2D eigenvalue weighted by atomic mass is 9.95. The van der Waals surface area contributed by atoms with E-state index in [1.54, 1.807) is 42.5 Å². The number of benzene rings is 3. The van der Waals surface area contributed by atoms with Gasteiger partial charge in [-0.3, -0.25) is 9.10 Å². The Bertz CT molecular complexity index is 1390. The van der Waals surface area contributed by atoms with Crippen LogP contribution in [-0.4, -0.2) is 34.5 Å². The van der Waals surface area contributed by atoms with Gasteiger partial charge in [0.2, 0.25) is 0 Å². The summed E-state index contributed by atoms with van der Waals surface area (Å²) in [6, 6.07) is 19.8. The molecular formula is C26H25ClN2O4S. The molecule has 0 radical (unpaired) electrons. The monoisotopic (exact) mass is 496 g/mol. The van der Waals surface area contributed by atoms with Crippen molar-refractivity contribution in [2.24, 2.45) is 0 Å². The van der Waals surface area contributed by atoms with Crippen LogP contribution in [0.4, 0.5) is 5.69 Å². The SMILES string of the molecule is Cc1ccc(OCCNC(=O)C2=C(c3ccccc3)c3cc(Cl)ccc3N(C)S2(=O)=O)c(C)c1. The van der Waals surface area contributed by atoms with Gasteiger partial charge in [-0.05, 0) is 49.2 Å². The number of hydrogen-bond acceptors (Lipinski definition) is 4. The van der Waals surface area contributed by atoms with Crippen LogP contribution in [0, 0.1) is 13.8 Å². The third kappa shape index (κ3) is 4.54. The standard InChI is InChI=1S/C26H25ClN2O4S/c1-17-9-12-23(18(2)15-17)33-14-13-28-26(30)25-24(19-7-5-4-6-8-19)21-16-20(27)10-11-22(21)29(3)34(25,31)32/h4-12,15-16H,13-14H2,1-3H3,(H,28,30). The summed E-state index contributed by atoms with van der Waals surface area (Å²) in [5.41, 5.74) is 4.09. The van der Waals surface area contributed by atoms with Crippen LogP contribution in [0.5, 0.6) is 5.75 Å². The fraction of sp³-hybridized carbons (Fsp3) is 0.192. The summed E-state index contributed by atoms with van der Waals surface area (Å²) in [4.78, 5) is 13.0. The Morgan fingerprint density at radius 3 is 2.47 bits per heavy atom. The molecule has 176 valence electrons. The summed E-state index contributed by atoms with van der Waals surface area (Å²) in [6.45, 7) is 4.29. The fourth-order valence-corrected chi connectivity index (χ4v) is 5.65. The molecule has 0 atom stereocenters. The van der Waals surface area contributed by atoms with Crippen molar-refractivity contribution in [2.45, 2.75) is 13.8 Å². The van der Waals surface area contributed by atoms with Gasteiger partial charge in [0.1, 0.15) is 12.4 Å². The topological polar surface area (TPSA) is 75.7 Å². The Hall–Kier alpha value is -3.29. The quantitative estimate of drug-likeness (QED) is 0.502. The summed E-state index contributed by atoms with van der Waals surface area (Å²) >= 11 is 6.25. The van der Waals surface area contributed by atoms with Gasteiger partial charge in [0.05, 0.1) is 12.2 Å². The highest BCUT2D eigenvalue weighted by Crippen LogP contribution is 2.43. The molecule has 1 amide bonds. The number of anilines is 1. The van der Waals surface area contributed by atoms with Crippen molar-refractivity contribution in [1.82, 2.24) is 5.32 Å². The molecule has 0 aliphatic carbocycles. The first-order chi connectivity index (χ1) is 16.2. The average Bonchev–Trinajstić information content (AvgIpc) is 2.80. The molecule has 3 aromatic rings. The lowest BCUT2D eigenvalue weighted by molar-refractivity contribution is -0.116. The molecule has 0 saturated carbocycles. The Kier molecular flexibility index (Phi) is 6.68. The minimum atomic E-state index is -4.11. The number of rotatable bonds is 6. The first kappa shape index (κ1) is 23.9. The number of carbonyl (C=O) groups excluding carboxylic acids is 1. The van der Waals surface area contributed by atoms with Crippen LogP contribution < -0.4 is 14.4 Å². The highest BCUT2D eigenvalue weighted by molar-refractivity contribution is 7.97. The molecule has 0 saturated heterocycles. The molecule has 6 nitrogen and oxygen atoms in total. The van der Waals surface area contributed by atoms with Crippen molar-refractivity contribution in [3.63, 3.8) is 0 Å². The predicted octanol–water partition coefficient (Wildman–Crippen LogP) is 4.69. The number of hydrogen-bond donors (Lipinski definition) is 1. The number of sulfonamides is 1. The molecule has 4 rings (SSSR count). The first-order valence-electron chi connectivity index (χ1n) is 10.8. The number of aryl methyl sites for hydroxylation is 2. The molecule has 1 aliphatic heterocycles. The Morgan fingerprint density at radius 2 is 1.76 bits per heavy atom. The molecule has 0 unspecified atom stereocenters. The van der Waals surface area contributed by atoms with Crippen molar-refractivity contribution in [3.8, 4) is 5.75 Å². The maximum absolute atomic E-state index is 13.5. The second-order valence-electron chi connectivity index (χ2n) is 8.08. The van der Waals surface area contributed by atoms with E-state index in [4.69, 9.17) is 16.3 Å². The van der Waals surface area contributed by atoms with Gasteiger partial charge < -0.3 is 10.1 Å². The third-order valence-electron chi connectivity index (χ3n) is 5.66. The van der Waals surface area contributed by atoms with Gasteiger partial charge in [0.15, 0.2) is 4.91 Å².